The number of unbranched alkanes of at least 4 members (excludes halogenated alkanes) is 1. The quantitative estimate of drug-likeness (QED) is 0.190. The zero-order chi connectivity index (χ0) is 28.7. The van der Waals surface area contributed by atoms with E-state index in [1.54, 1.807) is 12.4 Å². The molecular formula is C30H26N8O2S2. The molecule has 0 radical (unpaired) electrons. The maximum Gasteiger partial charge on any atom is 0.230 e. The number of hydrogen-bond donors (Lipinski definition) is 2. The molecule has 6 aromatic rings. The van der Waals surface area contributed by atoms with Crippen LogP contribution in [0.3, 0.4) is 0 Å². The van der Waals surface area contributed by atoms with Gasteiger partial charge in [-0.15, -0.1) is 20.4 Å². The summed E-state index contributed by atoms with van der Waals surface area (Å²) in [5.74, 6) is -0.273. The third kappa shape index (κ3) is 6.78. The summed E-state index contributed by atoms with van der Waals surface area (Å²) in [5, 5.41) is 27.1. The number of rotatable bonds is 11. The first-order valence-electron chi connectivity index (χ1n) is 13.5. The van der Waals surface area contributed by atoms with Crippen LogP contribution in [-0.2, 0) is 35.3 Å². The minimum absolute atomic E-state index is 0.137. The van der Waals surface area contributed by atoms with E-state index in [0.29, 0.717) is 10.3 Å². The monoisotopic (exact) mass is 594 g/mol. The zero-order valence-electron chi connectivity index (χ0n) is 22.5. The van der Waals surface area contributed by atoms with Gasteiger partial charge in [0.25, 0.3) is 0 Å². The van der Waals surface area contributed by atoms with Gasteiger partial charge in [0.1, 0.15) is 10.0 Å². The molecule has 42 heavy (non-hydrogen) atoms. The van der Waals surface area contributed by atoms with Gasteiger partial charge < -0.3 is 10.6 Å². The lowest BCUT2D eigenvalue weighted by Crippen LogP contribution is -2.14. The molecule has 4 aromatic heterocycles. The van der Waals surface area contributed by atoms with Crippen LogP contribution in [0.5, 0.6) is 0 Å². The Morgan fingerprint density at radius 2 is 1.07 bits per heavy atom. The number of aryl methyl sites for hydroxylation is 2. The van der Waals surface area contributed by atoms with Crippen LogP contribution in [0.25, 0.3) is 21.8 Å². The van der Waals surface area contributed by atoms with Crippen molar-refractivity contribution in [3.05, 3.63) is 94.2 Å². The number of aromatic nitrogens is 6. The van der Waals surface area contributed by atoms with Crippen molar-refractivity contribution in [1.82, 2.24) is 30.4 Å². The number of carbonyl (C=O) groups is 2. The number of pyridine rings is 2. The smallest absolute Gasteiger partial charge is 0.230 e. The normalized spacial score (nSPS) is 11.1. The standard InChI is InChI=1S/C30H26N8O2S2/c39-25(17-19-7-3-11-23-21(19)9-5-15-31-23)33-29-37-35-27(41-29)13-1-2-14-28-36-38-30(42-28)34-26(40)18-20-8-4-12-24-22(20)10-6-16-32-24/h3-12,15-16H,1-2,13-14,17-18H2,(H,33,37,39)(H,34,38,40). The molecule has 10 nitrogen and oxygen atoms in total. The summed E-state index contributed by atoms with van der Waals surface area (Å²) in [6.45, 7) is 0. The summed E-state index contributed by atoms with van der Waals surface area (Å²) >= 11 is 2.78. The Morgan fingerprint density at radius 3 is 1.55 bits per heavy atom. The Hall–Kier alpha value is -4.68. The molecule has 0 aliphatic heterocycles. The average molecular weight is 595 g/mol. The molecular weight excluding hydrogens is 569 g/mol. The van der Waals surface area contributed by atoms with Crippen molar-refractivity contribution in [1.29, 1.82) is 0 Å². The molecule has 4 heterocycles. The van der Waals surface area contributed by atoms with Crippen molar-refractivity contribution in [3.8, 4) is 0 Å². The summed E-state index contributed by atoms with van der Waals surface area (Å²) in [7, 11) is 0. The first-order chi connectivity index (χ1) is 20.6. The van der Waals surface area contributed by atoms with Gasteiger partial charge in [0.05, 0.1) is 23.9 Å². The lowest BCUT2D eigenvalue weighted by Gasteiger charge is -2.05. The predicted molar refractivity (Wildman–Crippen MR) is 165 cm³/mol. The van der Waals surface area contributed by atoms with Gasteiger partial charge in [-0.1, -0.05) is 59.1 Å². The lowest BCUT2D eigenvalue weighted by molar-refractivity contribution is -0.116. The van der Waals surface area contributed by atoms with Crippen molar-refractivity contribution in [2.24, 2.45) is 0 Å². The Morgan fingerprint density at radius 1 is 0.595 bits per heavy atom. The Labute approximate surface area is 249 Å². The van der Waals surface area contributed by atoms with Crippen LogP contribution in [0, 0.1) is 0 Å². The van der Waals surface area contributed by atoms with Crippen molar-refractivity contribution < 1.29 is 9.59 Å². The van der Waals surface area contributed by atoms with Gasteiger partial charge in [-0.05, 0) is 48.2 Å². The van der Waals surface area contributed by atoms with Crippen LogP contribution in [0.15, 0.2) is 73.1 Å². The summed E-state index contributed by atoms with van der Waals surface area (Å²) < 4.78 is 0. The molecule has 2 N–H and O–H groups in total. The second-order valence-corrected chi connectivity index (χ2v) is 11.8. The number of carbonyl (C=O) groups excluding carboxylic acids is 2. The molecule has 12 heteroatoms. The Kier molecular flexibility index (Phi) is 8.43. The maximum atomic E-state index is 12.6. The highest BCUT2D eigenvalue weighted by atomic mass is 32.1. The molecule has 0 aliphatic carbocycles. The Balaban J connectivity index is 0.936. The van der Waals surface area contributed by atoms with Gasteiger partial charge in [0.2, 0.25) is 22.1 Å². The van der Waals surface area contributed by atoms with Crippen LogP contribution >= 0.6 is 22.7 Å². The first-order valence-corrected chi connectivity index (χ1v) is 15.1. The number of nitrogens with zero attached hydrogens (tertiary/aromatic N) is 6. The van der Waals surface area contributed by atoms with E-state index >= 15 is 0 Å². The molecule has 210 valence electrons. The molecule has 0 saturated heterocycles. The van der Waals surface area contributed by atoms with E-state index in [9.17, 15) is 9.59 Å². The lowest BCUT2D eigenvalue weighted by atomic mass is 10.1. The highest BCUT2D eigenvalue weighted by Crippen LogP contribution is 2.22. The second kappa shape index (κ2) is 12.9. The number of benzene rings is 2. The zero-order valence-corrected chi connectivity index (χ0v) is 24.1. The van der Waals surface area contributed by atoms with Gasteiger partial charge in [-0.3, -0.25) is 19.6 Å². The second-order valence-electron chi connectivity index (χ2n) is 9.63. The maximum absolute atomic E-state index is 12.6. The molecule has 2 amide bonds. The molecule has 0 spiro atoms. The highest BCUT2D eigenvalue weighted by Gasteiger charge is 2.13. The van der Waals surface area contributed by atoms with E-state index in [-0.39, 0.29) is 24.7 Å². The van der Waals surface area contributed by atoms with E-state index in [0.717, 1.165) is 68.6 Å². The van der Waals surface area contributed by atoms with Gasteiger partial charge >= 0.3 is 0 Å². The van der Waals surface area contributed by atoms with Crippen LogP contribution in [0.4, 0.5) is 10.3 Å². The highest BCUT2D eigenvalue weighted by molar-refractivity contribution is 7.15. The van der Waals surface area contributed by atoms with Crippen LogP contribution < -0.4 is 10.6 Å². The van der Waals surface area contributed by atoms with Gasteiger partial charge in [-0.25, -0.2) is 0 Å². The number of nitrogens with one attached hydrogen (secondary N) is 2. The molecule has 2 aromatic carbocycles. The molecule has 6 rings (SSSR count). The molecule has 0 unspecified atom stereocenters. The molecule has 0 fully saturated rings. The summed E-state index contributed by atoms with van der Waals surface area (Å²) in [6, 6.07) is 19.2. The number of anilines is 2. The average Bonchev–Trinajstić information content (AvgIpc) is 3.64. The minimum Gasteiger partial charge on any atom is -0.300 e. The van der Waals surface area contributed by atoms with Gasteiger partial charge in [-0.2, -0.15) is 0 Å². The van der Waals surface area contributed by atoms with E-state index in [2.05, 4.69) is 41.0 Å². The predicted octanol–water partition coefficient (Wildman–Crippen LogP) is 5.41. The number of hydrogen-bond acceptors (Lipinski definition) is 10. The first kappa shape index (κ1) is 27.5. The van der Waals surface area contributed by atoms with Crippen molar-refractivity contribution in [2.75, 3.05) is 10.6 Å². The third-order valence-electron chi connectivity index (χ3n) is 6.63. The summed E-state index contributed by atoms with van der Waals surface area (Å²) in [6.07, 6.45) is 7.26. The topological polar surface area (TPSA) is 136 Å². The molecule has 0 atom stereocenters. The van der Waals surface area contributed by atoms with Crippen LogP contribution in [-0.4, -0.2) is 42.2 Å². The van der Waals surface area contributed by atoms with Gasteiger partial charge in [0.15, 0.2) is 0 Å². The van der Waals surface area contributed by atoms with Crippen molar-refractivity contribution in [2.45, 2.75) is 38.5 Å². The number of amides is 2. The minimum atomic E-state index is -0.137. The van der Waals surface area contributed by atoms with Crippen molar-refractivity contribution in [3.63, 3.8) is 0 Å². The SMILES string of the molecule is O=C(Cc1cccc2ncccc12)Nc1nnc(CCCCc2nnc(NC(=O)Cc3cccc4ncccc34)s2)s1. The van der Waals surface area contributed by atoms with Gasteiger partial charge in [0, 0.05) is 36.0 Å². The fourth-order valence-electron chi connectivity index (χ4n) is 4.68. The molecule has 0 aliphatic rings. The molecule has 0 bridgehead atoms. The fraction of sp³-hybridized carbons (Fsp3) is 0.200. The van der Waals surface area contributed by atoms with E-state index in [1.165, 1.54) is 22.7 Å². The van der Waals surface area contributed by atoms with E-state index in [1.807, 2.05) is 60.7 Å². The summed E-state index contributed by atoms with van der Waals surface area (Å²) in [4.78, 5) is 34.0. The third-order valence-corrected chi connectivity index (χ3v) is 8.43. The van der Waals surface area contributed by atoms with Crippen LogP contribution in [0.1, 0.15) is 34.0 Å². The van der Waals surface area contributed by atoms with E-state index in [4.69, 9.17) is 0 Å². The van der Waals surface area contributed by atoms with Crippen LogP contribution in [0.2, 0.25) is 0 Å². The number of fused-ring (bicyclic) bond motifs is 2. The molecule has 0 saturated carbocycles. The largest absolute Gasteiger partial charge is 0.300 e. The van der Waals surface area contributed by atoms with Crippen molar-refractivity contribution >= 4 is 66.6 Å². The summed E-state index contributed by atoms with van der Waals surface area (Å²) in [5.41, 5.74) is 3.57. The Bertz CT molecular complexity index is 1720. The fourth-order valence-corrected chi connectivity index (χ4v) is 6.27. The van der Waals surface area contributed by atoms with E-state index < -0.39 is 0 Å².